The minimum Gasteiger partial charge on any atom is -0.342 e. The van der Waals surface area contributed by atoms with Crippen molar-refractivity contribution in [2.75, 3.05) is 14.1 Å². The maximum Gasteiger partial charge on any atom is 0.245 e. The summed E-state index contributed by atoms with van der Waals surface area (Å²) in [6, 6.07) is 13.8. The van der Waals surface area contributed by atoms with Gasteiger partial charge in [-0.1, -0.05) is 102 Å². The van der Waals surface area contributed by atoms with Crippen molar-refractivity contribution < 1.29 is 24.0 Å². The molecule has 0 aliphatic carbocycles. The zero-order valence-corrected chi connectivity index (χ0v) is 27.7. The monoisotopic (exact) mass is 619 g/mol. The van der Waals surface area contributed by atoms with Crippen LogP contribution in [0.3, 0.4) is 0 Å². The van der Waals surface area contributed by atoms with Crippen LogP contribution in [-0.4, -0.2) is 83.6 Å². The molecule has 1 fully saturated rings. The van der Waals surface area contributed by atoms with Crippen LogP contribution in [0.1, 0.15) is 52.7 Å². The molecule has 0 aromatic heterocycles. The van der Waals surface area contributed by atoms with Gasteiger partial charge in [0.25, 0.3) is 0 Å². The molecule has 10 nitrogen and oxygen atoms in total. The number of carbonyl (C=O) groups is 5. The number of nitrogens with one attached hydrogen (secondary N) is 3. The lowest BCUT2D eigenvalue weighted by Gasteiger charge is -2.36. The molecule has 0 radical (unpaired) electrons. The van der Waals surface area contributed by atoms with E-state index in [4.69, 9.17) is 0 Å². The van der Waals surface area contributed by atoms with Gasteiger partial charge < -0.3 is 25.8 Å². The maximum atomic E-state index is 14.1. The molecule has 1 aliphatic heterocycles. The van der Waals surface area contributed by atoms with Gasteiger partial charge in [-0.15, -0.1) is 0 Å². The summed E-state index contributed by atoms with van der Waals surface area (Å²) in [5, 5.41) is 8.69. The second-order valence-electron chi connectivity index (χ2n) is 13.0. The molecule has 0 saturated carbocycles. The van der Waals surface area contributed by atoms with Gasteiger partial charge in [0.05, 0.1) is 0 Å². The molecule has 244 valence electrons. The van der Waals surface area contributed by atoms with Crippen molar-refractivity contribution in [3.63, 3.8) is 0 Å². The van der Waals surface area contributed by atoms with Crippen molar-refractivity contribution in [2.24, 2.45) is 17.8 Å². The highest BCUT2D eigenvalue weighted by molar-refractivity contribution is 5.98. The van der Waals surface area contributed by atoms with Crippen molar-refractivity contribution in [3.8, 4) is 0 Å². The molecule has 0 spiro atoms. The van der Waals surface area contributed by atoms with E-state index in [1.807, 2.05) is 102 Å². The molecule has 45 heavy (non-hydrogen) atoms. The van der Waals surface area contributed by atoms with E-state index in [0.717, 1.165) is 11.1 Å². The second-order valence-corrected chi connectivity index (χ2v) is 13.0. The highest BCUT2D eigenvalue weighted by atomic mass is 16.2. The van der Waals surface area contributed by atoms with Crippen LogP contribution in [0.4, 0.5) is 0 Å². The largest absolute Gasteiger partial charge is 0.342 e. The zero-order chi connectivity index (χ0) is 33.4. The molecule has 0 bridgehead atoms. The fourth-order valence-electron chi connectivity index (χ4n) is 5.77. The Morgan fingerprint density at radius 2 is 1.04 bits per heavy atom. The molecule has 1 heterocycles. The van der Waals surface area contributed by atoms with Gasteiger partial charge in [0, 0.05) is 26.9 Å². The van der Waals surface area contributed by atoms with Gasteiger partial charge in [-0.2, -0.15) is 0 Å². The Balaban J connectivity index is 2.14. The number of carbonyl (C=O) groups excluding carboxylic acids is 5. The minimum absolute atomic E-state index is 0.188. The molecule has 5 unspecified atom stereocenters. The number of benzene rings is 2. The molecule has 5 amide bonds. The smallest absolute Gasteiger partial charge is 0.245 e. The van der Waals surface area contributed by atoms with E-state index in [0.29, 0.717) is 0 Å². The predicted molar refractivity (Wildman–Crippen MR) is 174 cm³/mol. The van der Waals surface area contributed by atoms with Crippen LogP contribution in [0.15, 0.2) is 60.7 Å². The zero-order valence-electron chi connectivity index (χ0n) is 27.7. The van der Waals surface area contributed by atoms with Gasteiger partial charge in [0.15, 0.2) is 0 Å². The van der Waals surface area contributed by atoms with Crippen molar-refractivity contribution in [3.05, 3.63) is 71.8 Å². The van der Waals surface area contributed by atoms with E-state index in [1.165, 1.54) is 9.80 Å². The van der Waals surface area contributed by atoms with Gasteiger partial charge in [-0.05, 0) is 28.9 Å². The highest BCUT2D eigenvalue weighted by Gasteiger charge is 2.40. The van der Waals surface area contributed by atoms with Crippen LogP contribution in [0.2, 0.25) is 0 Å². The number of hydrogen-bond donors (Lipinski definition) is 3. The summed E-state index contributed by atoms with van der Waals surface area (Å²) >= 11 is 0. The van der Waals surface area contributed by atoms with Crippen molar-refractivity contribution in [1.82, 2.24) is 25.8 Å². The van der Waals surface area contributed by atoms with Gasteiger partial charge in [-0.25, -0.2) is 0 Å². The Morgan fingerprint density at radius 1 is 0.556 bits per heavy atom. The third kappa shape index (κ3) is 8.93. The Hall–Kier alpha value is -4.21. The van der Waals surface area contributed by atoms with Crippen molar-refractivity contribution in [1.29, 1.82) is 0 Å². The standard InChI is InChI=1S/C35H49N5O5/c1-21(2)28-32(42)36-26(19-24-15-11-9-12-16-24)34(44)40(8)30(23(5)6)33(43)38-29(22(3)4)35(45)39(7)27(31(41)37-28)20-25-17-13-10-14-18-25/h9-18,21-23,26-30H,19-20H2,1-8H3,(H,36,42)(H,37,41)(H,38,43). The van der Waals surface area contributed by atoms with E-state index < -0.39 is 59.7 Å². The van der Waals surface area contributed by atoms with Gasteiger partial charge in [0.1, 0.15) is 30.2 Å². The first-order valence-electron chi connectivity index (χ1n) is 15.7. The SMILES string of the molecule is CC(C)C1NC(=O)C(Cc2ccccc2)N(C)C(=O)C(C(C)C)NC(=O)C(C(C)C)N(C)C(=O)C(Cc2ccccc2)NC1=O. The third-order valence-corrected chi connectivity index (χ3v) is 8.43. The van der Waals surface area contributed by atoms with Crippen LogP contribution in [0, 0.1) is 17.8 Å². The number of hydrogen-bond acceptors (Lipinski definition) is 5. The lowest BCUT2D eigenvalue weighted by Crippen LogP contribution is -2.60. The van der Waals surface area contributed by atoms with E-state index >= 15 is 0 Å². The summed E-state index contributed by atoms with van der Waals surface area (Å²) in [5.41, 5.74) is 1.66. The predicted octanol–water partition coefficient (Wildman–Crippen LogP) is 2.56. The summed E-state index contributed by atoms with van der Waals surface area (Å²) in [7, 11) is 3.09. The fourth-order valence-corrected chi connectivity index (χ4v) is 5.77. The van der Waals surface area contributed by atoms with Gasteiger partial charge in [-0.3, -0.25) is 24.0 Å². The van der Waals surface area contributed by atoms with Crippen LogP contribution < -0.4 is 16.0 Å². The summed E-state index contributed by atoms with van der Waals surface area (Å²) < 4.78 is 0. The average molecular weight is 620 g/mol. The first kappa shape index (κ1) is 35.3. The van der Waals surface area contributed by atoms with E-state index in [2.05, 4.69) is 16.0 Å². The average Bonchev–Trinajstić information content (AvgIpc) is 2.99. The Kier molecular flexibility index (Phi) is 12.3. The van der Waals surface area contributed by atoms with Crippen LogP contribution in [0.25, 0.3) is 0 Å². The maximum absolute atomic E-state index is 14.1. The minimum atomic E-state index is -1.01. The van der Waals surface area contributed by atoms with Crippen molar-refractivity contribution in [2.45, 2.75) is 84.6 Å². The first-order valence-corrected chi connectivity index (χ1v) is 15.7. The number of likely N-dealkylation sites (N-methyl/N-ethyl adjacent to an activating group) is 2. The quantitative estimate of drug-likeness (QED) is 0.439. The first-order chi connectivity index (χ1) is 21.2. The number of nitrogens with zero attached hydrogens (tertiary/aromatic N) is 2. The van der Waals surface area contributed by atoms with Crippen LogP contribution >= 0.6 is 0 Å². The lowest BCUT2D eigenvalue weighted by atomic mass is 9.96. The topological polar surface area (TPSA) is 128 Å². The second kappa shape index (κ2) is 15.7. The molecule has 5 atom stereocenters. The molecule has 3 rings (SSSR count). The van der Waals surface area contributed by atoms with Crippen LogP contribution in [0.5, 0.6) is 0 Å². The number of rotatable bonds is 7. The Labute approximate surface area is 267 Å². The van der Waals surface area contributed by atoms with Crippen molar-refractivity contribution >= 4 is 29.5 Å². The van der Waals surface area contributed by atoms with Gasteiger partial charge >= 0.3 is 0 Å². The van der Waals surface area contributed by atoms with Gasteiger partial charge in [0.2, 0.25) is 29.5 Å². The molecular formula is C35H49N5O5. The summed E-state index contributed by atoms with van der Waals surface area (Å²) in [6.07, 6.45) is 0.389. The summed E-state index contributed by atoms with van der Waals surface area (Å²) in [5.74, 6) is -3.34. The molecule has 1 aliphatic rings. The highest BCUT2D eigenvalue weighted by Crippen LogP contribution is 2.18. The third-order valence-electron chi connectivity index (χ3n) is 8.43. The van der Waals surface area contributed by atoms with E-state index in [1.54, 1.807) is 14.1 Å². The summed E-state index contributed by atoms with van der Waals surface area (Å²) in [4.78, 5) is 72.6. The van der Waals surface area contributed by atoms with Crippen LogP contribution in [-0.2, 0) is 36.8 Å². The normalized spacial score (nSPS) is 24.3. The molecule has 10 heteroatoms. The molecule has 2 aromatic rings. The summed E-state index contributed by atoms with van der Waals surface area (Å²) in [6.45, 7) is 10.9. The number of amides is 5. The van der Waals surface area contributed by atoms with E-state index in [-0.39, 0.29) is 30.6 Å². The fraction of sp³-hybridized carbons (Fsp3) is 0.514. The molecule has 1 saturated heterocycles. The molecule has 3 N–H and O–H groups in total. The Bertz CT molecular complexity index is 1330. The lowest BCUT2D eigenvalue weighted by molar-refractivity contribution is -0.146. The molecular weight excluding hydrogens is 570 g/mol. The Morgan fingerprint density at radius 3 is 1.53 bits per heavy atom. The van der Waals surface area contributed by atoms with E-state index in [9.17, 15) is 24.0 Å². The molecule has 2 aromatic carbocycles.